The Morgan fingerprint density at radius 2 is 1.71 bits per heavy atom. The molecule has 0 radical (unpaired) electrons. The Balaban J connectivity index is 2.67. The van der Waals surface area contributed by atoms with Crippen LogP contribution >= 0.6 is 0 Å². The standard InChI is InChI=1S/C12H16F3NO/c1-16(2)8-7-11(17)9-3-5-10(6-4-9)12(13,14)15/h3-6,11,17H,7-8H2,1-2H3/t11-/m0/s1. The van der Waals surface area contributed by atoms with Gasteiger partial charge in [0.05, 0.1) is 11.7 Å². The van der Waals surface area contributed by atoms with Gasteiger partial charge in [0.1, 0.15) is 0 Å². The van der Waals surface area contributed by atoms with Crippen molar-refractivity contribution in [1.82, 2.24) is 4.90 Å². The minimum absolute atomic E-state index is 0.498. The number of hydrogen-bond donors (Lipinski definition) is 1. The highest BCUT2D eigenvalue weighted by molar-refractivity contribution is 5.25. The molecule has 1 rings (SSSR count). The van der Waals surface area contributed by atoms with Crippen LogP contribution in [0.5, 0.6) is 0 Å². The molecule has 0 heterocycles. The average molecular weight is 247 g/mol. The van der Waals surface area contributed by atoms with Gasteiger partial charge in [-0.1, -0.05) is 12.1 Å². The fourth-order valence-corrected chi connectivity index (χ4v) is 1.44. The van der Waals surface area contributed by atoms with Gasteiger partial charge in [-0.3, -0.25) is 0 Å². The monoisotopic (exact) mass is 247 g/mol. The minimum atomic E-state index is -4.33. The van der Waals surface area contributed by atoms with E-state index >= 15 is 0 Å². The molecule has 0 spiro atoms. The fraction of sp³-hybridized carbons (Fsp3) is 0.500. The Kier molecular flexibility index (Phi) is 4.54. The van der Waals surface area contributed by atoms with Gasteiger partial charge in [-0.15, -0.1) is 0 Å². The van der Waals surface area contributed by atoms with Gasteiger partial charge < -0.3 is 10.0 Å². The number of aliphatic hydroxyl groups is 1. The van der Waals surface area contributed by atoms with Crippen LogP contribution in [0.1, 0.15) is 23.7 Å². The molecule has 96 valence electrons. The van der Waals surface area contributed by atoms with Crippen LogP contribution in [0.3, 0.4) is 0 Å². The van der Waals surface area contributed by atoms with Crippen LogP contribution in [-0.2, 0) is 6.18 Å². The molecular weight excluding hydrogens is 231 g/mol. The lowest BCUT2D eigenvalue weighted by Gasteiger charge is -2.15. The van der Waals surface area contributed by atoms with Crippen LogP contribution in [0.2, 0.25) is 0 Å². The van der Waals surface area contributed by atoms with E-state index in [0.29, 0.717) is 18.5 Å². The van der Waals surface area contributed by atoms with E-state index < -0.39 is 17.8 Å². The molecular formula is C12H16F3NO. The van der Waals surface area contributed by atoms with E-state index in [-0.39, 0.29) is 0 Å². The van der Waals surface area contributed by atoms with E-state index in [1.807, 2.05) is 19.0 Å². The Bertz CT molecular complexity index is 346. The molecule has 0 bridgehead atoms. The maximum absolute atomic E-state index is 12.3. The van der Waals surface area contributed by atoms with Crippen molar-refractivity contribution in [2.45, 2.75) is 18.7 Å². The van der Waals surface area contributed by atoms with Crippen molar-refractivity contribution < 1.29 is 18.3 Å². The summed E-state index contributed by atoms with van der Waals surface area (Å²) in [5.74, 6) is 0. The number of halogens is 3. The van der Waals surface area contributed by atoms with Gasteiger partial charge in [-0.2, -0.15) is 13.2 Å². The summed E-state index contributed by atoms with van der Waals surface area (Å²) in [5.41, 5.74) is -0.180. The van der Waals surface area contributed by atoms with Gasteiger partial charge >= 0.3 is 6.18 Å². The van der Waals surface area contributed by atoms with E-state index in [4.69, 9.17) is 0 Å². The van der Waals surface area contributed by atoms with Crippen LogP contribution in [-0.4, -0.2) is 30.6 Å². The summed E-state index contributed by atoms with van der Waals surface area (Å²) in [6.07, 6.45) is -4.55. The number of hydrogen-bond acceptors (Lipinski definition) is 2. The zero-order valence-corrected chi connectivity index (χ0v) is 9.83. The molecule has 0 fully saturated rings. The zero-order valence-electron chi connectivity index (χ0n) is 9.83. The average Bonchev–Trinajstić information content (AvgIpc) is 2.25. The molecule has 1 N–H and O–H groups in total. The van der Waals surface area contributed by atoms with Gasteiger partial charge in [-0.25, -0.2) is 0 Å². The van der Waals surface area contributed by atoms with Crippen LogP contribution in [0, 0.1) is 0 Å². The molecule has 0 aliphatic rings. The molecule has 1 aromatic rings. The Labute approximate surface area is 98.7 Å². The largest absolute Gasteiger partial charge is 0.416 e. The summed E-state index contributed by atoms with van der Waals surface area (Å²) in [4.78, 5) is 1.91. The predicted molar refractivity (Wildman–Crippen MR) is 59.6 cm³/mol. The summed E-state index contributed by atoms with van der Waals surface area (Å²) in [5, 5.41) is 9.76. The number of rotatable bonds is 4. The van der Waals surface area contributed by atoms with Crippen molar-refractivity contribution in [1.29, 1.82) is 0 Å². The number of nitrogens with zero attached hydrogens (tertiary/aromatic N) is 1. The first kappa shape index (κ1) is 14.0. The maximum atomic E-state index is 12.3. The van der Waals surface area contributed by atoms with E-state index in [1.165, 1.54) is 12.1 Å². The molecule has 0 saturated heterocycles. The summed E-state index contributed by atoms with van der Waals surface area (Å²) in [6.45, 7) is 0.683. The van der Waals surface area contributed by atoms with Gasteiger partial charge in [-0.05, 0) is 38.2 Å². The summed E-state index contributed by atoms with van der Waals surface area (Å²) < 4.78 is 36.9. The molecule has 2 nitrogen and oxygen atoms in total. The third-order valence-corrected chi connectivity index (χ3v) is 2.47. The van der Waals surface area contributed by atoms with Gasteiger partial charge in [0, 0.05) is 6.54 Å². The lowest BCUT2D eigenvalue weighted by molar-refractivity contribution is -0.137. The maximum Gasteiger partial charge on any atom is 0.416 e. The van der Waals surface area contributed by atoms with E-state index in [0.717, 1.165) is 12.1 Å². The van der Waals surface area contributed by atoms with Crippen molar-refractivity contribution >= 4 is 0 Å². The molecule has 0 aromatic heterocycles. The second-order valence-corrected chi connectivity index (χ2v) is 4.23. The molecule has 0 unspecified atom stereocenters. The quantitative estimate of drug-likeness (QED) is 0.884. The summed E-state index contributed by atoms with van der Waals surface area (Å²) >= 11 is 0. The van der Waals surface area contributed by atoms with Crippen LogP contribution in [0.15, 0.2) is 24.3 Å². The van der Waals surface area contributed by atoms with E-state index in [2.05, 4.69) is 0 Å². The molecule has 0 aliphatic carbocycles. The molecule has 1 atom stereocenters. The lowest BCUT2D eigenvalue weighted by Crippen LogP contribution is -2.16. The van der Waals surface area contributed by atoms with Crippen molar-refractivity contribution in [2.24, 2.45) is 0 Å². The minimum Gasteiger partial charge on any atom is -0.388 e. The first-order valence-corrected chi connectivity index (χ1v) is 5.30. The molecule has 5 heteroatoms. The van der Waals surface area contributed by atoms with Crippen molar-refractivity contribution in [3.8, 4) is 0 Å². The highest BCUT2D eigenvalue weighted by Crippen LogP contribution is 2.30. The van der Waals surface area contributed by atoms with Gasteiger partial charge in [0.15, 0.2) is 0 Å². The van der Waals surface area contributed by atoms with Gasteiger partial charge in [0.25, 0.3) is 0 Å². The van der Waals surface area contributed by atoms with Crippen LogP contribution in [0.4, 0.5) is 13.2 Å². The molecule has 0 aliphatic heterocycles. The highest BCUT2D eigenvalue weighted by Gasteiger charge is 2.30. The number of aliphatic hydroxyl groups excluding tert-OH is 1. The van der Waals surface area contributed by atoms with Crippen molar-refractivity contribution in [2.75, 3.05) is 20.6 Å². The molecule has 0 amide bonds. The third kappa shape index (κ3) is 4.36. The summed E-state index contributed by atoms with van der Waals surface area (Å²) in [6, 6.07) is 4.63. The van der Waals surface area contributed by atoms with Crippen LogP contribution < -0.4 is 0 Å². The second-order valence-electron chi connectivity index (χ2n) is 4.23. The first-order chi connectivity index (χ1) is 7.80. The molecule has 0 saturated carbocycles. The normalized spacial score (nSPS) is 14.1. The lowest BCUT2D eigenvalue weighted by atomic mass is 10.0. The summed E-state index contributed by atoms with van der Waals surface area (Å²) in [7, 11) is 3.75. The fourth-order valence-electron chi connectivity index (χ4n) is 1.44. The van der Waals surface area contributed by atoms with Gasteiger partial charge in [0.2, 0.25) is 0 Å². The highest BCUT2D eigenvalue weighted by atomic mass is 19.4. The Morgan fingerprint density at radius 1 is 1.18 bits per heavy atom. The SMILES string of the molecule is CN(C)CC[C@H](O)c1ccc(C(F)(F)F)cc1. The Hall–Kier alpha value is -1.07. The van der Waals surface area contributed by atoms with Crippen molar-refractivity contribution in [3.63, 3.8) is 0 Å². The topological polar surface area (TPSA) is 23.5 Å². The smallest absolute Gasteiger partial charge is 0.388 e. The zero-order chi connectivity index (χ0) is 13.1. The third-order valence-electron chi connectivity index (χ3n) is 2.47. The van der Waals surface area contributed by atoms with Crippen LogP contribution in [0.25, 0.3) is 0 Å². The number of alkyl halides is 3. The predicted octanol–water partition coefficient (Wildman–Crippen LogP) is 2.69. The van der Waals surface area contributed by atoms with E-state index in [9.17, 15) is 18.3 Å². The first-order valence-electron chi connectivity index (χ1n) is 5.30. The molecule has 1 aromatic carbocycles. The Morgan fingerprint density at radius 3 is 2.12 bits per heavy atom. The second kappa shape index (κ2) is 5.51. The molecule has 17 heavy (non-hydrogen) atoms. The van der Waals surface area contributed by atoms with E-state index in [1.54, 1.807) is 0 Å². The van der Waals surface area contributed by atoms with Crippen molar-refractivity contribution in [3.05, 3.63) is 35.4 Å². The number of benzene rings is 1.